The summed E-state index contributed by atoms with van der Waals surface area (Å²) in [6.45, 7) is 0.555. The van der Waals surface area contributed by atoms with Crippen molar-refractivity contribution in [2.75, 3.05) is 12.4 Å². The van der Waals surface area contributed by atoms with E-state index in [-0.39, 0.29) is 5.82 Å². The van der Waals surface area contributed by atoms with Gasteiger partial charge in [-0.1, -0.05) is 12.1 Å². The maximum atomic E-state index is 13.7. The molecule has 3 aromatic rings. The summed E-state index contributed by atoms with van der Waals surface area (Å²) in [5.74, 6) is 0.348. The van der Waals surface area contributed by atoms with E-state index >= 15 is 0 Å². The number of nitrogens with one attached hydrogen (secondary N) is 2. The summed E-state index contributed by atoms with van der Waals surface area (Å²) in [6, 6.07) is 12.8. The van der Waals surface area contributed by atoms with Crippen molar-refractivity contribution >= 4 is 16.6 Å². The summed E-state index contributed by atoms with van der Waals surface area (Å²) in [5.41, 5.74) is 2.61. The Morgan fingerprint density at radius 1 is 1.15 bits per heavy atom. The van der Waals surface area contributed by atoms with Gasteiger partial charge >= 0.3 is 0 Å². The van der Waals surface area contributed by atoms with E-state index in [9.17, 15) is 4.39 Å². The number of hydrogen-bond donors (Lipinski definition) is 2. The number of aromatic nitrogens is 1. The molecule has 3 nitrogen and oxygen atoms in total. The van der Waals surface area contributed by atoms with E-state index in [2.05, 4.69) is 16.4 Å². The minimum absolute atomic E-state index is 0.285. The highest BCUT2D eigenvalue weighted by Gasteiger charge is 2.04. The molecule has 0 atom stereocenters. The van der Waals surface area contributed by atoms with Gasteiger partial charge in [-0.3, -0.25) is 0 Å². The molecule has 102 valence electrons. The Balaban J connectivity index is 1.78. The number of ether oxygens (including phenoxy) is 1. The van der Waals surface area contributed by atoms with Gasteiger partial charge in [0, 0.05) is 24.3 Å². The molecule has 2 N–H and O–H groups in total. The zero-order chi connectivity index (χ0) is 13.9. The molecular weight excluding hydrogens is 255 g/mol. The fraction of sp³-hybridized carbons (Fsp3) is 0.125. The Bertz CT molecular complexity index is 736. The number of rotatable bonds is 4. The van der Waals surface area contributed by atoms with Crippen LogP contribution in [0, 0.1) is 5.82 Å². The molecule has 0 saturated heterocycles. The van der Waals surface area contributed by atoms with E-state index in [1.54, 1.807) is 19.2 Å². The van der Waals surface area contributed by atoms with Gasteiger partial charge < -0.3 is 15.0 Å². The predicted molar refractivity (Wildman–Crippen MR) is 78.6 cm³/mol. The fourth-order valence-electron chi connectivity index (χ4n) is 2.17. The summed E-state index contributed by atoms with van der Waals surface area (Å²) in [6.07, 6.45) is 1.91. The number of anilines is 1. The van der Waals surface area contributed by atoms with Gasteiger partial charge in [0.15, 0.2) is 0 Å². The first-order valence-electron chi connectivity index (χ1n) is 6.40. The zero-order valence-corrected chi connectivity index (χ0v) is 11.1. The lowest BCUT2D eigenvalue weighted by molar-refractivity contribution is 0.414. The third-order valence-electron chi connectivity index (χ3n) is 3.28. The first-order chi connectivity index (χ1) is 9.76. The number of H-pyrrole nitrogens is 1. The van der Waals surface area contributed by atoms with Gasteiger partial charge in [0.2, 0.25) is 0 Å². The maximum Gasteiger partial charge on any atom is 0.146 e. The average molecular weight is 270 g/mol. The summed E-state index contributed by atoms with van der Waals surface area (Å²) in [7, 11) is 1.57. The number of aromatic amines is 1. The smallest absolute Gasteiger partial charge is 0.146 e. The Hall–Kier alpha value is -2.49. The van der Waals surface area contributed by atoms with Crippen LogP contribution in [0.2, 0.25) is 0 Å². The van der Waals surface area contributed by atoms with E-state index in [4.69, 9.17) is 4.74 Å². The Kier molecular flexibility index (Phi) is 3.29. The van der Waals surface area contributed by atoms with Crippen LogP contribution in [0.25, 0.3) is 10.9 Å². The lowest BCUT2D eigenvalue weighted by Crippen LogP contribution is -2.01. The monoisotopic (exact) mass is 270 g/mol. The van der Waals surface area contributed by atoms with Crippen molar-refractivity contribution in [3.63, 3.8) is 0 Å². The van der Waals surface area contributed by atoms with E-state index < -0.39 is 0 Å². The van der Waals surface area contributed by atoms with Crippen LogP contribution in [-0.4, -0.2) is 12.1 Å². The number of halogens is 1. The van der Waals surface area contributed by atoms with Crippen LogP contribution in [0.1, 0.15) is 5.56 Å². The number of hydrogen-bond acceptors (Lipinski definition) is 2. The SMILES string of the molecule is COc1ccc(F)c(NCc2ccc3cc[nH]c3c2)c1. The summed E-state index contributed by atoms with van der Waals surface area (Å²) < 4.78 is 18.8. The van der Waals surface area contributed by atoms with Crippen LogP contribution in [0.3, 0.4) is 0 Å². The van der Waals surface area contributed by atoms with Crippen molar-refractivity contribution in [3.8, 4) is 5.75 Å². The molecule has 0 aliphatic heterocycles. The highest BCUT2D eigenvalue weighted by molar-refractivity contribution is 5.79. The third kappa shape index (κ3) is 2.45. The van der Waals surface area contributed by atoms with Gasteiger partial charge in [0.25, 0.3) is 0 Å². The average Bonchev–Trinajstić information content (AvgIpc) is 2.94. The van der Waals surface area contributed by atoms with Gasteiger partial charge in [0.1, 0.15) is 11.6 Å². The van der Waals surface area contributed by atoms with Gasteiger partial charge in [0.05, 0.1) is 12.8 Å². The van der Waals surface area contributed by atoms with Crippen molar-refractivity contribution in [3.05, 3.63) is 60.0 Å². The molecule has 3 rings (SSSR count). The topological polar surface area (TPSA) is 37.0 Å². The number of fused-ring (bicyclic) bond motifs is 1. The fourth-order valence-corrected chi connectivity index (χ4v) is 2.17. The molecule has 1 aromatic heterocycles. The molecule has 0 fully saturated rings. The largest absolute Gasteiger partial charge is 0.497 e. The molecule has 4 heteroatoms. The van der Waals surface area contributed by atoms with E-state index in [1.807, 2.05) is 24.4 Å². The zero-order valence-electron chi connectivity index (χ0n) is 11.1. The summed E-state index contributed by atoms with van der Waals surface area (Å²) >= 11 is 0. The predicted octanol–water partition coefficient (Wildman–Crippen LogP) is 3.93. The standard InChI is InChI=1S/C16H15FN2O/c1-20-13-4-5-14(17)16(9-13)19-10-11-2-3-12-6-7-18-15(12)8-11/h2-9,18-19H,10H2,1H3. The minimum atomic E-state index is -0.285. The van der Waals surface area contributed by atoms with Crippen molar-refractivity contribution in [2.24, 2.45) is 0 Å². The van der Waals surface area contributed by atoms with Crippen LogP contribution in [0.15, 0.2) is 48.7 Å². The molecule has 0 spiro atoms. The van der Waals surface area contributed by atoms with E-state index in [0.29, 0.717) is 18.0 Å². The molecule has 0 radical (unpaired) electrons. The minimum Gasteiger partial charge on any atom is -0.497 e. The molecule has 0 amide bonds. The maximum absolute atomic E-state index is 13.7. The quantitative estimate of drug-likeness (QED) is 0.753. The van der Waals surface area contributed by atoms with Gasteiger partial charge in [-0.25, -0.2) is 4.39 Å². The normalized spacial score (nSPS) is 10.7. The number of methoxy groups -OCH3 is 1. The second kappa shape index (κ2) is 5.25. The van der Waals surface area contributed by atoms with Crippen LogP contribution < -0.4 is 10.1 Å². The lowest BCUT2D eigenvalue weighted by Gasteiger charge is -2.09. The van der Waals surface area contributed by atoms with Crippen molar-refractivity contribution in [2.45, 2.75) is 6.54 Å². The van der Waals surface area contributed by atoms with Gasteiger partial charge in [-0.15, -0.1) is 0 Å². The van der Waals surface area contributed by atoms with E-state index in [1.165, 1.54) is 11.5 Å². The lowest BCUT2D eigenvalue weighted by atomic mass is 10.1. The van der Waals surface area contributed by atoms with Crippen LogP contribution in [0.5, 0.6) is 5.75 Å². The Morgan fingerprint density at radius 2 is 2.05 bits per heavy atom. The first kappa shape index (κ1) is 12.5. The van der Waals surface area contributed by atoms with Crippen LogP contribution >= 0.6 is 0 Å². The molecule has 0 aliphatic rings. The van der Waals surface area contributed by atoms with E-state index in [0.717, 1.165) is 11.1 Å². The first-order valence-corrected chi connectivity index (χ1v) is 6.40. The van der Waals surface area contributed by atoms with Crippen molar-refractivity contribution in [1.82, 2.24) is 4.98 Å². The molecule has 0 aliphatic carbocycles. The van der Waals surface area contributed by atoms with Crippen molar-refractivity contribution < 1.29 is 9.13 Å². The Labute approximate surface area is 116 Å². The highest BCUT2D eigenvalue weighted by Crippen LogP contribution is 2.22. The van der Waals surface area contributed by atoms with Gasteiger partial charge in [-0.2, -0.15) is 0 Å². The molecular formula is C16H15FN2O. The van der Waals surface area contributed by atoms with Gasteiger partial charge in [-0.05, 0) is 35.2 Å². The molecule has 0 unspecified atom stereocenters. The van der Waals surface area contributed by atoms with Crippen LogP contribution in [-0.2, 0) is 6.54 Å². The Morgan fingerprint density at radius 3 is 2.90 bits per heavy atom. The summed E-state index contributed by atoms with van der Waals surface area (Å²) in [4.78, 5) is 3.17. The van der Waals surface area contributed by atoms with Crippen molar-refractivity contribution in [1.29, 1.82) is 0 Å². The molecule has 0 saturated carbocycles. The molecule has 1 heterocycles. The molecule has 0 bridgehead atoms. The highest BCUT2D eigenvalue weighted by atomic mass is 19.1. The summed E-state index contributed by atoms with van der Waals surface area (Å²) in [5, 5.41) is 4.26. The molecule has 20 heavy (non-hydrogen) atoms. The van der Waals surface area contributed by atoms with Crippen LogP contribution in [0.4, 0.5) is 10.1 Å². The second-order valence-corrected chi connectivity index (χ2v) is 4.60. The molecule has 2 aromatic carbocycles. The second-order valence-electron chi connectivity index (χ2n) is 4.60. The third-order valence-corrected chi connectivity index (χ3v) is 3.28. The number of benzene rings is 2.